The monoisotopic (exact) mass is 313 g/mol. The summed E-state index contributed by atoms with van der Waals surface area (Å²) in [5, 5.41) is 3.25. The molecular formula is C14H23N3O3S. The first-order chi connectivity index (χ1) is 10.1. The van der Waals surface area contributed by atoms with Crippen molar-refractivity contribution in [1.82, 2.24) is 10.2 Å². The predicted octanol–water partition coefficient (Wildman–Crippen LogP) is 0.480. The Morgan fingerprint density at radius 1 is 1.33 bits per heavy atom. The minimum atomic E-state index is -3.32. The molecule has 1 heterocycles. The summed E-state index contributed by atoms with van der Waals surface area (Å²) >= 11 is 0. The number of nitrogens with zero attached hydrogens (tertiary/aromatic N) is 1. The lowest BCUT2D eigenvalue weighted by Crippen LogP contribution is -2.45. The molecule has 2 N–H and O–H groups in total. The van der Waals surface area contributed by atoms with Crippen molar-refractivity contribution in [3.63, 3.8) is 0 Å². The number of ether oxygens (including phenoxy) is 1. The fourth-order valence-corrected chi connectivity index (χ4v) is 3.39. The van der Waals surface area contributed by atoms with Crippen LogP contribution in [-0.4, -0.2) is 58.9 Å². The number of sulfonamides is 1. The maximum absolute atomic E-state index is 12.1. The molecule has 21 heavy (non-hydrogen) atoms. The zero-order valence-corrected chi connectivity index (χ0v) is 13.2. The Hall–Kier alpha value is -1.15. The van der Waals surface area contributed by atoms with Crippen LogP contribution in [0.15, 0.2) is 24.3 Å². The molecule has 2 rings (SSSR count). The van der Waals surface area contributed by atoms with Gasteiger partial charge < -0.3 is 10.1 Å². The molecule has 1 aromatic rings. The number of rotatable bonds is 7. The molecule has 0 bridgehead atoms. The number of anilines is 1. The van der Waals surface area contributed by atoms with Crippen molar-refractivity contribution in [3.05, 3.63) is 29.8 Å². The quantitative estimate of drug-likeness (QED) is 0.766. The van der Waals surface area contributed by atoms with Gasteiger partial charge in [0.15, 0.2) is 0 Å². The molecule has 118 valence electrons. The predicted molar refractivity (Wildman–Crippen MR) is 83.9 cm³/mol. The molecule has 6 nitrogen and oxygen atoms in total. The van der Waals surface area contributed by atoms with Gasteiger partial charge in [-0.3, -0.25) is 9.62 Å². The van der Waals surface area contributed by atoms with Crippen LogP contribution in [0.1, 0.15) is 5.56 Å². The Kier molecular flexibility index (Phi) is 5.98. The van der Waals surface area contributed by atoms with E-state index in [9.17, 15) is 8.42 Å². The summed E-state index contributed by atoms with van der Waals surface area (Å²) in [5.74, 6) is 0.113. The fraction of sp³-hybridized carbons (Fsp3) is 0.571. The molecule has 1 fully saturated rings. The smallest absolute Gasteiger partial charge is 0.233 e. The van der Waals surface area contributed by atoms with E-state index in [1.165, 1.54) is 0 Å². The summed E-state index contributed by atoms with van der Waals surface area (Å²) in [5.41, 5.74) is 1.53. The van der Waals surface area contributed by atoms with E-state index >= 15 is 0 Å². The summed E-state index contributed by atoms with van der Waals surface area (Å²) < 4.78 is 31.9. The number of nitrogens with one attached hydrogen (secondary N) is 2. The van der Waals surface area contributed by atoms with Crippen LogP contribution in [0.25, 0.3) is 0 Å². The SMILES string of the molecule is COCc1cccc(NS(=O)(=O)CCN2CCNCC2)c1. The van der Waals surface area contributed by atoms with Gasteiger partial charge in [0.25, 0.3) is 0 Å². The normalized spacial score (nSPS) is 16.8. The maximum Gasteiger partial charge on any atom is 0.233 e. The Labute approximate surface area is 126 Å². The molecule has 0 radical (unpaired) electrons. The molecule has 0 spiro atoms. The minimum Gasteiger partial charge on any atom is -0.380 e. The summed E-state index contributed by atoms with van der Waals surface area (Å²) in [6, 6.07) is 7.28. The van der Waals surface area contributed by atoms with Gasteiger partial charge in [-0.1, -0.05) is 12.1 Å². The van der Waals surface area contributed by atoms with Gasteiger partial charge in [-0.25, -0.2) is 8.42 Å². The largest absolute Gasteiger partial charge is 0.380 e. The van der Waals surface area contributed by atoms with E-state index in [1.807, 2.05) is 12.1 Å². The van der Waals surface area contributed by atoms with Gasteiger partial charge in [0.05, 0.1) is 12.4 Å². The van der Waals surface area contributed by atoms with Crippen LogP contribution in [0.2, 0.25) is 0 Å². The van der Waals surface area contributed by atoms with Crippen LogP contribution in [-0.2, 0) is 21.4 Å². The number of hydrogen-bond donors (Lipinski definition) is 2. The fourth-order valence-electron chi connectivity index (χ4n) is 2.31. The van der Waals surface area contributed by atoms with Crippen molar-refractivity contribution in [2.45, 2.75) is 6.61 Å². The molecule has 7 heteroatoms. The van der Waals surface area contributed by atoms with Crippen molar-refractivity contribution >= 4 is 15.7 Å². The van der Waals surface area contributed by atoms with E-state index in [0.29, 0.717) is 18.8 Å². The third kappa shape index (κ3) is 5.62. The number of piperazine rings is 1. The van der Waals surface area contributed by atoms with E-state index in [4.69, 9.17) is 4.74 Å². The van der Waals surface area contributed by atoms with E-state index in [2.05, 4.69) is 14.9 Å². The summed E-state index contributed by atoms with van der Waals surface area (Å²) in [6.07, 6.45) is 0. The lowest BCUT2D eigenvalue weighted by Gasteiger charge is -2.26. The highest BCUT2D eigenvalue weighted by atomic mass is 32.2. The van der Waals surface area contributed by atoms with Crippen LogP contribution in [0.5, 0.6) is 0 Å². The Morgan fingerprint density at radius 3 is 2.81 bits per heavy atom. The van der Waals surface area contributed by atoms with Crippen molar-refractivity contribution in [3.8, 4) is 0 Å². The lowest BCUT2D eigenvalue weighted by molar-refractivity contribution is 0.185. The Bertz CT molecular complexity index is 542. The summed E-state index contributed by atoms with van der Waals surface area (Å²) in [7, 11) is -1.70. The molecule has 1 aliphatic heterocycles. The second-order valence-corrected chi connectivity index (χ2v) is 6.99. The highest BCUT2D eigenvalue weighted by molar-refractivity contribution is 7.92. The number of methoxy groups -OCH3 is 1. The molecule has 0 aliphatic carbocycles. The zero-order valence-electron chi connectivity index (χ0n) is 12.3. The van der Waals surface area contributed by atoms with Crippen LogP contribution in [0, 0.1) is 0 Å². The van der Waals surface area contributed by atoms with Crippen molar-refractivity contribution in [1.29, 1.82) is 0 Å². The Balaban J connectivity index is 1.89. The van der Waals surface area contributed by atoms with E-state index in [0.717, 1.165) is 31.7 Å². The standard InChI is InChI=1S/C14H23N3O3S/c1-20-12-13-3-2-4-14(11-13)16-21(18,19)10-9-17-7-5-15-6-8-17/h2-4,11,15-16H,5-10,12H2,1H3. The van der Waals surface area contributed by atoms with Gasteiger partial charge in [-0.15, -0.1) is 0 Å². The highest BCUT2D eigenvalue weighted by Crippen LogP contribution is 2.13. The van der Waals surface area contributed by atoms with Crippen molar-refractivity contribution in [2.24, 2.45) is 0 Å². The number of hydrogen-bond acceptors (Lipinski definition) is 5. The third-order valence-corrected chi connectivity index (χ3v) is 4.66. The molecule has 0 aromatic heterocycles. The maximum atomic E-state index is 12.1. The topological polar surface area (TPSA) is 70.7 Å². The van der Waals surface area contributed by atoms with Gasteiger partial charge in [-0.2, -0.15) is 0 Å². The lowest BCUT2D eigenvalue weighted by atomic mass is 10.2. The second-order valence-electron chi connectivity index (χ2n) is 5.15. The molecule has 0 saturated carbocycles. The molecule has 0 amide bonds. The second kappa shape index (κ2) is 7.74. The van der Waals surface area contributed by atoms with Gasteiger partial charge in [-0.05, 0) is 17.7 Å². The average Bonchev–Trinajstić information content (AvgIpc) is 2.47. The van der Waals surface area contributed by atoms with Crippen LogP contribution in [0.4, 0.5) is 5.69 Å². The van der Waals surface area contributed by atoms with Crippen LogP contribution >= 0.6 is 0 Å². The van der Waals surface area contributed by atoms with E-state index in [-0.39, 0.29) is 5.75 Å². The van der Waals surface area contributed by atoms with Gasteiger partial charge in [0.1, 0.15) is 0 Å². The molecule has 1 aliphatic rings. The zero-order chi connectivity index (χ0) is 15.1. The molecule has 1 aromatic carbocycles. The molecule has 1 saturated heterocycles. The molecular weight excluding hydrogens is 290 g/mol. The van der Waals surface area contributed by atoms with Gasteiger partial charge in [0.2, 0.25) is 10.0 Å². The average molecular weight is 313 g/mol. The van der Waals surface area contributed by atoms with Crippen LogP contribution in [0.3, 0.4) is 0 Å². The van der Waals surface area contributed by atoms with E-state index in [1.54, 1.807) is 19.2 Å². The first-order valence-corrected chi connectivity index (χ1v) is 8.76. The summed E-state index contributed by atoms with van der Waals surface area (Å²) in [6.45, 7) is 4.68. The minimum absolute atomic E-state index is 0.113. The van der Waals surface area contributed by atoms with Crippen molar-refractivity contribution in [2.75, 3.05) is 50.3 Å². The molecule has 0 unspecified atom stereocenters. The molecule has 0 atom stereocenters. The van der Waals surface area contributed by atoms with Crippen LogP contribution < -0.4 is 10.0 Å². The first kappa shape index (κ1) is 16.2. The number of benzene rings is 1. The van der Waals surface area contributed by atoms with Gasteiger partial charge in [0, 0.05) is 45.5 Å². The van der Waals surface area contributed by atoms with E-state index < -0.39 is 10.0 Å². The Morgan fingerprint density at radius 2 is 2.10 bits per heavy atom. The third-order valence-electron chi connectivity index (χ3n) is 3.40. The van der Waals surface area contributed by atoms with Gasteiger partial charge >= 0.3 is 0 Å². The van der Waals surface area contributed by atoms with Crippen molar-refractivity contribution < 1.29 is 13.2 Å². The summed E-state index contributed by atoms with van der Waals surface area (Å²) in [4.78, 5) is 2.16. The highest BCUT2D eigenvalue weighted by Gasteiger charge is 2.15. The first-order valence-electron chi connectivity index (χ1n) is 7.10.